The fraction of sp³-hybridized carbons (Fsp3) is 0.389. The molecule has 2 rings (SSSR count). The number of nitrogens with zero attached hydrogens (tertiary/aromatic N) is 3. The summed E-state index contributed by atoms with van der Waals surface area (Å²) in [6.07, 6.45) is -0.531. The zero-order valence-corrected chi connectivity index (χ0v) is 16.7. The van der Waals surface area contributed by atoms with E-state index in [0.717, 1.165) is 23.0 Å². The summed E-state index contributed by atoms with van der Waals surface area (Å²) in [6.45, 7) is 5.20. The number of amides is 1. The third-order valence-corrected chi connectivity index (χ3v) is 4.66. The van der Waals surface area contributed by atoms with E-state index in [0.29, 0.717) is 6.42 Å². The molecule has 1 aromatic heterocycles. The molecule has 150 valence electrons. The van der Waals surface area contributed by atoms with Gasteiger partial charge in [-0.1, -0.05) is 11.6 Å². The van der Waals surface area contributed by atoms with Crippen LogP contribution in [-0.2, 0) is 27.8 Å². The summed E-state index contributed by atoms with van der Waals surface area (Å²) in [4.78, 5) is 34.6. The number of non-ortho nitro benzene ring substituents is 1. The summed E-state index contributed by atoms with van der Waals surface area (Å²) in [5.74, 6) is -1.17. The van der Waals surface area contributed by atoms with Gasteiger partial charge in [-0.15, -0.1) is 0 Å². The quantitative estimate of drug-likeness (QED) is 0.427. The van der Waals surface area contributed by atoms with Gasteiger partial charge in [0.05, 0.1) is 21.3 Å². The average molecular weight is 409 g/mol. The summed E-state index contributed by atoms with van der Waals surface area (Å²) in [6, 6.07) is 3.68. The van der Waals surface area contributed by atoms with Crippen molar-refractivity contribution >= 4 is 34.9 Å². The van der Waals surface area contributed by atoms with Gasteiger partial charge in [0, 0.05) is 31.3 Å². The molecule has 10 heteroatoms. The van der Waals surface area contributed by atoms with E-state index < -0.39 is 22.9 Å². The molecule has 1 amide bonds. The Morgan fingerprint density at radius 1 is 1.39 bits per heavy atom. The Balaban J connectivity index is 1.94. The number of anilines is 1. The molecule has 0 radical (unpaired) electrons. The Kier molecular flexibility index (Phi) is 6.74. The number of nitrogens with one attached hydrogen (secondary N) is 1. The van der Waals surface area contributed by atoms with Crippen molar-refractivity contribution in [2.24, 2.45) is 7.05 Å². The number of nitro benzene ring substituents is 1. The highest BCUT2D eigenvalue weighted by Gasteiger charge is 2.21. The van der Waals surface area contributed by atoms with E-state index in [1.54, 1.807) is 4.68 Å². The van der Waals surface area contributed by atoms with Crippen molar-refractivity contribution in [1.82, 2.24) is 9.78 Å². The molecule has 0 bridgehead atoms. The van der Waals surface area contributed by atoms with Crippen LogP contribution < -0.4 is 5.32 Å². The largest absolute Gasteiger partial charge is 0.453 e. The highest BCUT2D eigenvalue weighted by molar-refractivity contribution is 6.33. The predicted molar refractivity (Wildman–Crippen MR) is 103 cm³/mol. The van der Waals surface area contributed by atoms with Gasteiger partial charge >= 0.3 is 5.97 Å². The van der Waals surface area contributed by atoms with Crippen LogP contribution in [0.2, 0.25) is 5.02 Å². The molecule has 1 aromatic carbocycles. The first kappa shape index (κ1) is 21.4. The van der Waals surface area contributed by atoms with Crippen molar-refractivity contribution in [3.63, 3.8) is 0 Å². The number of nitro groups is 1. The lowest BCUT2D eigenvalue weighted by atomic mass is 10.1. The summed E-state index contributed by atoms with van der Waals surface area (Å²) >= 11 is 5.95. The number of benzene rings is 1. The standard InChI is InChI=1S/C18H21ClN4O5/c1-10-14(11(2)22(4)21-10)6-8-17(24)28-12(3)18(25)20-16-9-13(23(26)27)5-7-15(16)19/h5,7,9,12H,6,8H2,1-4H3,(H,20,25). The number of rotatable bonds is 7. The van der Waals surface area contributed by atoms with Crippen LogP contribution in [0.5, 0.6) is 0 Å². The van der Waals surface area contributed by atoms with Crippen molar-refractivity contribution in [3.05, 3.63) is 50.3 Å². The molecule has 28 heavy (non-hydrogen) atoms. The molecule has 0 fully saturated rings. The number of carbonyl (C=O) groups is 2. The van der Waals surface area contributed by atoms with Gasteiger partial charge in [0.2, 0.25) is 0 Å². The van der Waals surface area contributed by atoms with Gasteiger partial charge in [-0.25, -0.2) is 0 Å². The molecular formula is C18H21ClN4O5. The van der Waals surface area contributed by atoms with Crippen LogP contribution in [-0.4, -0.2) is 32.7 Å². The van der Waals surface area contributed by atoms with Crippen molar-refractivity contribution < 1.29 is 19.2 Å². The van der Waals surface area contributed by atoms with Crippen LogP contribution in [0.4, 0.5) is 11.4 Å². The van der Waals surface area contributed by atoms with Crippen LogP contribution in [0.3, 0.4) is 0 Å². The predicted octanol–water partition coefficient (Wildman–Crippen LogP) is 3.10. The lowest BCUT2D eigenvalue weighted by Crippen LogP contribution is -2.30. The molecule has 0 spiro atoms. The van der Waals surface area contributed by atoms with Gasteiger partial charge in [0.15, 0.2) is 6.10 Å². The minimum absolute atomic E-state index is 0.0744. The normalized spacial score (nSPS) is 11.8. The number of hydrogen-bond donors (Lipinski definition) is 1. The number of esters is 1. The number of aromatic nitrogens is 2. The lowest BCUT2D eigenvalue weighted by molar-refractivity contribution is -0.384. The lowest BCUT2D eigenvalue weighted by Gasteiger charge is -2.14. The smallest absolute Gasteiger partial charge is 0.306 e. The summed E-state index contributed by atoms with van der Waals surface area (Å²) < 4.78 is 6.90. The Labute approximate surface area is 166 Å². The van der Waals surface area contributed by atoms with Crippen LogP contribution in [0.1, 0.15) is 30.3 Å². The topological polar surface area (TPSA) is 116 Å². The number of ether oxygens (including phenoxy) is 1. The molecule has 0 saturated heterocycles. The summed E-state index contributed by atoms with van der Waals surface area (Å²) in [5.41, 5.74) is 2.65. The SMILES string of the molecule is Cc1nn(C)c(C)c1CCC(=O)OC(C)C(=O)Nc1cc([N+](=O)[O-])ccc1Cl. The number of halogens is 1. The first-order valence-electron chi connectivity index (χ1n) is 8.53. The van der Waals surface area contributed by atoms with E-state index in [2.05, 4.69) is 10.4 Å². The molecule has 0 saturated carbocycles. The highest BCUT2D eigenvalue weighted by atomic mass is 35.5. The van der Waals surface area contributed by atoms with E-state index in [9.17, 15) is 19.7 Å². The van der Waals surface area contributed by atoms with Crippen LogP contribution in [0.25, 0.3) is 0 Å². The summed E-state index contributed by atoms with van der Waals surface area (Å²) in [5, 5.41) is 17.7. The van der Waals surface area contributed by atoms with Gasteiger partial charge in [-0.2, -0.15) is 5.10 Å². The second-order valence-electron chi connectivity index (χ2n) is 6.32. The Hall–Kier alpha value is -2.94. The minimum Gasteiger partial charge on any atom is -0.453 e. The summed E-state index contributed by atoms with van der Waals surface area (Å²) in [7, 11) is 1.83. The monoisotopic (exact) mass is 408 g/mol. The minimum atomic E-state index is -1.08. The highest BCUT2D eigenvalue weighted by Crippen LogP contribution is 2.27. The van der Waals surface area contributed by atoms with E-state index in [1.165, 1.54) is 19.1 Å². The molecule has 0 aliphatic rings. The van der Waals surface area contributed by atoms with Gasteiger partial charge < -0.3 is 10.1 Å². The Morgan fingerprint density at radius 2 is 2.07 bits per heavy atom. The molecule has 0 aliphatic heterocycles. The van der Waals surface area contributed by atoms with Crippen LogP contribution in [0.15, 0.2) is 18.2 Å². The maximum Gasteiger partial charge on any atom is 0.306 e. The maximum atomic E-state index is 12.2. The molecule has 1 unspecified atom stereocenters. The van der Waals surface area contributed by atoms with E-state index in [-0.39, 0.29) is 22.8 Å². The average Bonchev–Trinajstić information content (AvgIpc) is 2.86. The molecule has 1 heterocycles. The maximum absolute atomic E-state index is 12.2. The second kappa shape index (κ2) is 8.83. The third-order valence-electron chi connectivity index (χ3n) is 4.33. The first-order chi connectivity index (χ1) is 13.1. The first-order valence-corrected chi connectivity index (χ1v) is 8.91. The van der Waals surface area contributed by atoms with Crippen molar-refractivity contribution in [1.29, 1.82) is 0 Å². The third kappa shape index (κ3) is 5.07. The van der Waals surface area contributed by atoms with E-state index >= 15 is 0 Å². The number of aryl methyl sites for hydroxylation is 2. The molecule has 0 aliphatic carbocycles. The van der Waals surface area contributed by atoms with E-state index in [4.69, 9.17) is 16.3 Å². The zero-order chi connectivity index (χ0) is 21.0. The molecule has 1 N–H and O–H groups in total. The van der Waals surface area contributed by atoms with E-state index in [1.807, 2.05) is 20.9 Å². The van der Waals surface area contributed by atoms with Gasteiger partial charge in [-0.3, -0.25) is 24.4 Å². The molecule has 1 atom stereocenters. The number of carbonyl (C=O) groups excluding carboxylic acids is 2. The van der Waals surface area contributed by atoms with Crippen LogP contribution >= 0.6 is 11.6 Å². The van der Waals surface area contributed by atoms with Crippen LogP contribution in [0, 0.1) is 24.0 Å². The zero-order valence-electron chi connectivity index (χ0n) is 16.0. The Morgan fingerprint density at radius 3 is 2.64 bits per heavy atom. The Bertz CT molecular complexity index is 925. The van der Waals surface area contributed by atoms with Gasteiger partial charge in [0.1, 0.15) is 0 Å². The van der Waals surface area contributed by atoms with Crippen molar-refractivity contribution in [2.75, 3.05) is 5.32 Å². The van der Waals surface area contributed by atoms with Crippen molar-refractivity contribution in [2.45, 2.75) is 39.7 Å². The molecular weight excluding hydrogens is 388 g/mol. The fourth-order valence-electron chi connectivity index (χ4n) is 2.67. The number of hydrogen-bond acceptors (Lipinski definition) is 6. The molecule has 2 aromatic rings. The van der Waals surface area contributed by atoms with Gasteiger partial charge in [-0.05, 0) is 38.8 Å². The van der Waals surface area contributed by atoms with Gasteiger partial charge in [0.25, 0.3) is 11.6 Å². The van der Waals surface area contributed by atoms with Crippen molar-refractivity contribution in [3.8, 4) is 0 Å². The second-order valence-corrected chi connectivity index (χ2v) is 6.72. The molecule has 9 nitrogen and oxygen atoms in total. The fourth-order valence-corrected chi connectivity index (χ4v) is 2.84.